The molecule has 0 saturated heterocycles. The van der Waals surface area contributed by atoms with Crippen molar-refractivity contribution in [2.24, 2.45) is 0 Å². The fourth-order valence-electron chi connectivity index (χ4n) is 3.56. The Labute approximate surface area is 192 Å². The molecule has 0 radical (unpaired) electrons. The van der Waals surface area contributed by atoms with E-state index in [1.807, 2.05) is 56.3 Å². The van der Waals surface area contributed by atoms with Crippen LogP contribution in [0.1, 0.15) is 22.0 Å². The number of hydrogen-bond donors (Lipinski definition) is 1. The molecule has 7 nitrogen and oxygen atoms in total. The normalized spacial score (nSPS) is 11.4. The van der Waals surface area contributed by atoms with E-state index in [-0.39, 0.29) is 5.56 Å². The number of nitrogens with two attached hydrogens (primary N) is 1. The Bertz CT molecular complexity index is 1510. The number of hydrogen-bond acceptors (Lipinski definition) is 8. The minimum absolute atomic E-state index is 0.0519. The zero-order valence-electron chi connectivity index (χ0n) is 17.6. The molecule has 0 spiro atoms. The quantitative estimate of drug-likeness (QED) is 0.308. The van der Waals surface area contributed by atoms with Gasteiger partial charge in [-0.3, -0.25) is 14.3 Å². The molecule has 160 valence electrons. The van der Waals surface area contributed by atoms with E-state index >= 15 is 0 Å². The van der Waals surface area contributed by atoms with E-state index in [9.17, 15) is 4.79 Å². The van der Waals surface area contributed by atoms with Gasteiger partial charge in [0.1, 0.15) is 16.5 Å². The lowest BCUT2D eigenvalue weighted by Gasteiger charge is -2.12. The van der Waals surface area contributed by atoms with Crippen molar-refractivity contribution in [3.63, 3.8) is 0 Å². The number of fused-ring (bicyclic) bond motifs is 2. The van der Waals surface area contributed by atoms with E-state index in [0.717, 1.165) is 31.9 Å². The summed E-state index contributed by atoms with van der Waals surface area (Å²) in [6.07, 6.45) is 1.73. The van der Waals surface area contributed by atoms with Crippen molar-refractivity contribution in [1.29, 1.82) is 0 Å². The predicted octanol–water partition coefficient (Wildman–Crippen LogP) is 4.34. The number of pyridine rings is 1. The Kier molecular flexibility index (Phi) is 5.36. The standard InChI is InChI=1S/C23H20N6OS2/c1-13-14(2)32-21-19(13)22(30)29(11-15-7-5-6-10-25-15)23(28-21)31-12-18-26-17-9-4-3-8-16(17)20(24)27-18/h3-10H,11-12H2,1-2H3,(H2,24,26,27). The highest BCUT2D eigenvalue weighted by Gasteiger charge is 2.18. The number of nitrogen functional groups attached to an aromatic ring is 1. The minimum Gasteiger partial charge on any atom is -0.383 e. The smallest absolute Gasteiger partial charge is 0.263 e. The number of benzene rings is 1. The summed E-state index contributed by atoms with van der Waals surface area (Å²) in [5.41, 5.74) is 8.67. The molecule has 5 aromatic rings. The van der Waals surface area contributed by atoms with Crippen molar-refractivity contribution in [1.82, 2.24) is 24.5 Å². The van der Waals surface area contributed by atoms with E-state index in [1.54, 1.807) is 22.1 Å². The summed E-state index contributed by atoms with van der Waals surface area (Å²) in [7, 11) is 0. The summed E-state index contributed by atoms with van der Waals surface area (Å²) in [5.74, 6) is 1.49. The number of thiophene rings is 1. The number of rotatable bonds is 5. The van der Waals surface area contributed by atoms with Crippen LogP contribution >= 0.6 is 23.1 Å². The molecule has 9 heteroatoms. The van der Waals surface area contributed by atoms with Crippen molar-refractivity contribution in [2.45, 2.75) is 31.3 Å². The van der Waals surface area contributed by atoms with E-state index in [0.29, 0.717) is 34.5 Å². The largest absolute Gasteiger partial charge is 0.383 e. The number of aryl methyl sites for hydroxylation is 2. The molecule has 4 heterocycles. The van der Waals surface area contributed by atoms with E-state index in [4.69, 9.17) is 10.7 Å². The first-order chi connectivity index (χ1) is 15.5. The van der Waals surface area contributed by atoms with Crippen LogP contribution in [0.25, 0.3) is 21.1 Å². The SMILES string of the molecule is Cc1sc2nc(SCc3nc(N)c4ccccc4n3)n(Cc3ccccn3)c(=O)c2c1C. The average Bonchev–Trinajstić information content (AvgIpc) is 3.08. The van der Waals surface area contributed by atoms with Gasteiger partial charge in [-0.15, -0.1) is 11.3 Å². The van der Waals surface area contributed by atoms with Gasteiger partial charge in [-0.25, -0.2) is 15.0 Å². The molecule has 32 heavy (non-hydrogen) atoms. The number of anilines is 1. The van der Waals surface area contributed by atoms with Gasteiger partial charge in [0.05, 0.1) is 28.9 Å². The van der Waals surface area contributed by atoms with Gasteiger partial charge in [-0.2, -0.15) is 0 Å². The number of nitrogens with zero attached hydrogens (tertiary/aromatic N) is 5. The van der Waals surface area contributed by atoms with Crippen molar-refractivity contribution < 1.29 is 0 Å². The molecule has 0 bridgehead atoms. The summed E-state index contributed by atoms with van der Waals surface area (Å²) in [6.45, 7) is 4.34. The van der Waals surface area contributed by atoms with Gasteiger partial charge >= 0.3 is 0 Å². The molecule has 0 atom stereocenters. The van der Waals surface area contributed by atoms with Crippen LogP contribution in [0.15, 0.2) is 58.6 Å². The summed E-state index contributed by atoms with van der Waals surface area (Å²) in [4.78, 5) is 33.6. The zero-order chi connectivity index (χ0) is 22.2. The second-order valence-corrected chi connectivity index (χ2v) is 9.55. The molecule has 1 aromatic carbocycles. The third-order valence-corrected chi connectivity index (χ3v) is 7.38. The highest BCUT2D eigenvalue weighted by atomic mass is 32.2. The molecule has 0 aliphatic rings. The van der Waals surface area contributed by atoms with Gasteiger partial charge < -0.3 is 5.73 Å². The average molecular weight is 461 g/mol. The summed E-state index contributed by atoms with van der Waals surface area (Å²) < 4.78 is 1.69. The molecular formula is C23H20N6OS2. The van der Waals surface area contributed by atoms with Crippen molar-refractivity contribution in [3.8, 4) is 0 Å². The van der Waals surface area contributed by atoms with Gasteiger partial charge in [0.2, 0.25) is 0 Å². The van der Waals surface area contributed by atoms with E-state index in [1.165, 1.54) is 11.8 Å². The van der Waals surface area contributed by atoms with Gasteiger partial charge in [-0.1, -0.05) is 30.0 Å². The number of para-hydroxylation sites is 1. The van der Waals surface area contributed by atoms with Crippen LogP contribution in [0.3, 0.4) is 0 Å². The van der Waals surface area contributed by atoms with Gasteiger partial charge in [0, 0.05) is 16.5 Å². The van der Waals surface area contributed by atoms with Gasteiger partial charge in [0.25, 0.3) is 5.56 Å². The lowest BCUT2D eigenvalue weighted by Crippen LogP contribution is -2.24. The Morgan fingerprint density at radius 1 is 1.06 bits per heavy atom. The fourth-order valence-corrected chi connectivity index (χ4v) is 5.48. The molecular weight excluding hydrogens is 440 g/mol. The Balaban J connectivity index is 1.56. The van der Waals surface area contributed by atoms with Crippen molar-refractivity contribution in [2.75, 3.05) is 5.73 Å². The molecule has 0 aliphatic heterocycles. The Morgan fingerprint density at radius 3 is 2.69 bits per heavy atom. The Morgan fingerprint density at radius 2 is 1.88 bits per heavy atom. The fraction of sp³-hybridized carbons (Fsp3) is 0.174. The maximum atomic E-state index is 13.5. The minimum atomic E-state index is -0.0519. The van der Waals surface area contributed by atoms with Crippen LogP contribution in [-0.2, 0) is 12.3 Å². The first-order valence-corrected chi connectivity index (χ1v) is 11.9. The number of thioether (sulfide) groups is 1. The monoisotopic (exact) mass is 460 g/mol. The second kappa shape index (κ2) is 8.33. The first-order valence-electron chi connectivity index (χ1n) is 10.1. The van der Waals surface area contributed by atoms with E-state index < -0.39 is 0 Å². The second-order valence-electron chi connectivity index (χ2n) is 7.40. The lowest BCUT2D eigenvalue weighted by molar-refractivity contribution is 0.647. The summed E-state index contributed by atoms with van der Waals surface area (Å²) in [6, 6.07) is 13.3. The molecule has 0 fully saturated rings. The van der Waals surface area contributed by atoms with E-state index in [2.05, 4.69) is 15.0 Å². The molecule has 0 unspecified atom stereocenters. The molecule has 4 aromatic heterocycles. The third kappa shape index (κ3) is 3.74. The number of aromatic nitrogens is 5. The molecule has 0 saturated carbocycles. The van der Waals surface area contributed by atoms with Gasteiger partial charge in [-0.05, 0) is 43.7 Å². The highest BCUT2D eigenvalue weighted by molar-refractivity contribution is 7.98. The van der Waals surface area contributed by atoms with Crippen LogP contribution in [0.2, 0.25) is 0 Å². The van der Waals surface area contributed by atoms with Crippen LogP contribution in [0, 0.1) is 13.8 Å². The molecule has 0 aliphatic carbocycles. The molecule has 2 N–H and O–H groups in total. The van der Waals surface area contributed by atoms with Crippen LogP contribution in [0.4, 0.5) is 5.82 Å². The zero-order valence-corrected chi connectivity index (χ0v) is 19.2. The topological polar surface area (TPSA) is 99.6 Å². The lowest BCUT2D eigenvalue weighted by atomic mass is 10.2. The Hall–Kier alpha value is -3.30. The van der Waals surface area contributed by atoms with Crippen LogP contribution < -0.4 is 11.3 Å². The first kappa shape index (κ1) is 20.6. The maximum Gasteiger partial charge on any atom is 0.263 e. The van der Waals surface area contributed by atoms with Crippen molar-refractivity contribution >= 4 is 50.0 Å². The maximum absolute atomic E-state index is 13.5. The van der Waals surface area contributed by atoms with Crippen LogP contribution in [0.5, 0.6) is 0 Å². The third-order valence-electron chi connectivity index (χ3n) is 5.31. The predicted molar refractivity (Wildman–Crippen MR) is 130 cm³/mol. The van der Waals surface area contributed by atoms with Crippen LogP contribution in [-0.4, -0.2) is 24.5 Å². The summed E-state index contributed by atoms with van der Waals surface area (Å²) >= 11 is 2.97. The van der Waals surface area contributed by atoms with Gasteiger partial charge in [0.15, 0.2) is 5.16 Å². The van der Waals surface area contributed by atoms with Crippen molar-refractivity contribution in [3.05, 3.63) is 81.0 Å². The molecule has 5 rings (SSSR count). The highest BCUT2D eigenvalue weighted by Crippen LogP contribution is 2.30. The summed E-state index contributed by atoms with van der Waals surface area (Å²) in [5, 5.41) is 2.13. The molecule has 0 amide bonds.